The largest absolute Gasteiger partial charge is 0.508 e. The highest BCUT2D eigenvalue weighted by Gasteiger charge is 2.37. The molecule has 0 spiro atoms. The van der Waals surface area contributed by atoms with E-state index in [2.05, 4.69) is 36.8 Å². The van der Waals surface area contributed by atoms with Gasteiger partial charge in [0.1, 0.15) is 5.75 Å². The van der Waals surface area contributed by atoms with E-state index in [9.17, 15) is 5.11 Å². The average Bonchev–Trinajstić information content (AvgIpc) is 2.78. The van der Waals surface area contributed by atoms with Crippen molar-refractivity contribution < 1.29 is 5.11 Å². The summed E-state index contributed by atoms with van der Waals surface area (Å²) in [6, 6.07) is 6.48. The number of benzene rings is 1. The Balaban J connectivity index is 1.85. The Morgan fingerprint density at radius 1 is 1.26 bits per heavy atom. The molecule has 104 valence electrons. The lowest BCUT2D eigenvalue weighted by molar-refractivity contribution is 0.0164. The van der Waals surface area contributed by atoms with Crippen LogP contribution in [0.25, 0.3) is 0 Å². The molecule has 1 fully saturated rings. The summed E-state index contributed by atoms with van der Waals surface area (Å²) in [5, 5.41) is 9.97. The topological polar surface area (TPSA) is 26.7 Å². The third-order valence-corrected chi connectivity index (χ3v) is 5.00. The second kappa shape index (κ2) is 4.50. The lowest BCUT2D eigenvalue weighted by atomic mass is 9.96. The summed E-state index contributed by atoms with van der Waals surface area (Å²) in [5.41, 5.74) is 2.75. The van der Waals surface area contributed by atoms with Crippen molar-refractivity contribution in [3.8, 4) is 5.75 Å². The maximum absolute atomic E-state index is 9.97. The molecule has 1 atom stereocenters. The molecule has 1 aromatic rings. The van der Waals surface area contributed by atoms with Gasteiger partial charge in [-0.1, -0.05) is 12.1 Å². The minimum atomic E-state index is 0.234. The van der Waals surface area contributed by atoms with Crippen molar-refractivity contribution in [2.24, 2.45) is 0 Å². The molecule has 1 heterocycles. The van der Waals surface area contributed by atoms with E-state index in [1.807, 2.05) is 12.1 Å². The molecule has 1 saturated heterocycles. The zero-order valence-electron chi connectivity index (χ0n) is 12.2. The molecule has 3 nitrogen and oxygen atoms in total. The highest BCUT2D eigenvalue weighted by Crippen LogP contribution is 2.41. The highest BCUT2D eigenvalue weighted by atomic mass is 16.3. The number of fused-ring (bicyclic) bond motifs is 1. The predicted molar refractivity (Wildman–Crippen MR) is 77.5 cm³/mol. The van der Waals surface area contributed by atoms with Gasteiger partial charge in [0.2, 0.25) is 0 Å². The maximum Gasteiger partial charge on any atom is 0.119 e. The van der Waals surface area contributed by atoms with Crippen LogP contribution in [0.5, 0.6) is 5.75 Å². The molecular formula is C16H24N2O. The molecule has 0 saturated carbocycles. The predicted octanol–water partition coefficient (Wildman–Crippen LogP) is 2.41. The summed E-state index contributed by atoms with van der Waals surface area (Å²) in [4.78, 5) is 5.05. The van der Waals surface area contributed by atoms with Crippen molar-refractivity contribution in [3.63, 3.8) is 0 Å². The van der Waals surface area contributed by atoms with Gasteiger partial charge in [0, 0.05) is 31.2 Å². The number of phenolic OH excluding ortho intramolecular Hbond substituents is 1. The minimum absolute atomic E-state index is 0.234. The van der Waals surface area contributed by atoms with Crippen LogP contribution in [0.2, 0.25) is 0 Å². The summed E-state index contributed by atoms with van der Waals surface area (Å²) in [6.45, 7) is 7.98. The fraction of sp³-hybridized carbons (Fsp3) is 0.625. The molecule has 1 unspecified atom stereocenters. The van der Waals surface area contributed by atoms with Gasteiger partial charge in [0.05, 0.1) is 0 Å². The van der Waals surface area contributed by atoms with Crippen LogP contribution in [0.15, 0.2) is 18.2 Å². The van der Waals surface area contributed by atoms with Crippen LogP contribution in [0.3, 0.4) is 0 Å². The summed E-state index contributed by atoms with van der Waals surface area (Å²) in [7, 11) is 2.21. The number of phenols is 1. The van der Waals surface area contributed by atoms with Crippen molar-refractivity contribution in [2.75, 3.05) is 26.7 Å². The highest BCUT2D eigenvalue weighted by molar-refractivity contribution is 5.44. The summed E-state index contributed by atoms with van der Waals surface area (Å²) in [5.74, 6) is 0.480. The number of rotatable bonds is 1. The van der Waals surface area contributed by atoms with E-state index in [1.165, 1.54) is 11.1 Å². The molecule has 0 radical (unpaired) electrons. The second-order valence-electron chi connectivity index (χ2n) is 6.60. The third kappa shape index (κ3) is 2.15. The Kier molecular flexibility index (Phi) is 3.06. The zero-order valence-corrected chi connectivity index (χ0v) is 12.2. The van der Waals surface area contributed by atoms with Crippen LogP contribution >= 0.6 is 0 Å². The number of piperazine rings is 1. The smallest absolute Gasteiger partial charge is 0.119 e. The number of hydrogen-bond donors (Lipinski definition) is 1. The molecule has 3 rings (SSSR count). The summed E-state index contributed by atoms with van der Waals surface area (Å²) < 4.78 is 0. The summed E-state index contributed by atoms with van der Waals surface area (Å²) >= 11 is 0. The first kappa shape index (κ1) is 12.9. The standard InChI is InChI=1S/C16H24N2O/c1-16(2)11-18(10-9-17(16)3)14-8-7-13-12(14)5-4-6-15(13)19/h4-6,14,19H,7-11H2,1-3H3. The number of aromatic hydroxyl groups is 1. The Morgan fingerprint density at radius 2 is 2.05 bits per heavy atom. The van der Waals surface area contributed by atoms with Crippen molar-refractivity contribution >= 4 is 0 Å². The Labute approximate surface area is 115 Å². The zero-order chi connectivity index (χ0) is 13.6. The van der Waals surface area contributed by atoms with Gasteiger partial charge in [-0.15, -0.1) is 0 Å². The molecule has 0 aromatic heterocycles. The SMILES string of the molecule is CN1CCN(C2CCc3c(O)cccc32)CC1(C)C. The van der Waals surface area contributed by atoms with E-state index in [0.717, 1.165) is 32.5 Å². The second-order valence-corrected chi connectivity index (χ2v) is 6.60. The van der Waals surface area contributed by atoms with Crippen molar-refractivity contribution in [2.45, 2.75) is 38.3 Å². The van der Waals surface area contributed by atoms with E-state index in [4.69, 9.17) is 0 Å². The third-order valence-electron chi connectivity index (χ3n) is 5.00. The molecule has 1 aromatic carbocycles. The van der Waals surface area contributed by atoms with Crippen LogP contribution in [-0.2, 0) is 6.42 Å². The average molecular weight is 260 g/mol. The van der Waals surface area contributed by atoms with Gasteiger partial charge in [0.25, 0.3) is 0 Å². The molecule has 19 heavy (non-hydrogen) atoms. The van der Waals surface area contributed by atoms with Crippen LogP contribution in [0, 0.1) is 0 Å². The van der Waals surface area contributed by atoms with Gasteiger partial charge in [-0.25, -0.2) is 0 Å². The maximum atomic E-state index is 9.97. The molecule has 1 N–H and O–H groups in total. The van der Waals surface area contributed by atoms with E-state index in [0.29, 0.717) is 11.8 Å². The molecule has 3 heteroatoms. The first-order valence-corrected chi connectivity index (χ1v) is 7.25. The molecule has 1 aliphatic heterocycles. The van der Waals surface area contributed by atoms with Crippen molar-refractivity contribution in [3.05, 3.63) is 29.3 Å². The van der Waals surface area contributed by atoms with Crippen molar-refractivity contribution in [1.82, 2.24) is 9.80 Å². The fourth-order valence-electron chi connectivity index (χ4n) is 3.54. The normalized spacial score (nSPS) is 27.4. The van der Waals surface area contributed by atoms with Gasteiger partial charge in [-0.05, 0) is 50.9 Å². The molecular weight excluding hydrogens is 236 g/mol. The van der Waals surface area contributed by atoms with Crippen LogP contribution in [0.1, 0.15) is 37.4 Å². The number of hydrogen-bond acceptors (Lipinski definition) is 3. The Morgan fingerprint density at radius 3 is 2.79 bits per heavy atom. The fourth-order valence-corrected chi connectivity index (χ4v) is 3.54. The van der Waals surface area contributed by atoms with E-state index in [1.54, 1.807) is 0 Å². The van der Waals surface area contributed by atoms with Gasteiger partial charge in [-0.2, -0.15) is 0 Å². The first-order chi connectivity index (χ1) is 8.99. The Bertz CT molecular complexity index is 484. The Hall–Kier alpha value is -1.06. The molecule has 1 aliphatic carbocycles. The van der Waals surface area contributed by atoms with E-state index < -0.39 is 0 Å². The monoisotopic (exact) mass is 260 g/mol. The van der Waals surface area contributed by atoms with Gasteiger partial charge in [0.15, 0.2) is 0 Å². The molecule has 0 bridgehead atoms. The first-order valence-electron chi connectivity index (χ1n) is 7.25. The van der Waals surface area contributed by atoms with Crippen molar-refractivity contribution in [1.29, 1.82) is 0 Å². The van der Waals surface area contributed by atoms with E-state index in [-0.39, 0.29) is 5.54 Å². The van der Waals surface area contributed by atoms with Gasteiger partial charge in [-0.3, -0.25) is 9.80 Å². The quantitative estimate of drug-likeness (QED) is 0.840. The minimum Gasteiger partial charge on any atom is -0.508 e. The lowest BCUT2D eigenvalue weighted by Gasteiger charge is -2.47. The van der Waals surface area contributed by atoms with Crippen LogP contribution < -0.4 is 0 Å². The number of likely N-dealkylation sites (N-methyl/N-ethyl adjacent to an activating group) is 1. The van der Waals surface area contributed by atoms with E-state index >= 15 is 0 Å². The van der Waals surface area contributed by atoms with Crippen LogP contribution in [0.4, 0.5) is 0 Å². The van der Waals surface area contributed by atoms with Gasteiger partial charge >= 0.3 is 0 Å². The lowest BCUT2D eigenvalue weighted by Crippen LogP contribution is -2.57. The summed E-state index contributed by atoms with van der Waals surface area (Å²) in [6.07, 6.45) is 2.16. The molecule has 2 aliphatic rings. The number of nitrogens with zero attached hydrogens (tertiary/aromatic N) is 2. The molecule has 0 amide bonds. The van der Waals surface area contributed by atoms with Crippen LogP contribution in [-0.4, -0.2) is 47.1 Å². The van der Waals surface area contributed by atoms with Gasteiger partial charge < -0.3 is 5.11 Å².